The summed E-state index contributed by atoms with van der Waals surface area (Å²) >= 11 is 5.78. The fourth-order valence-electron chi connectivity index (χ4n) is 3.00. The molecule has 2 aromatic heterocycles. The third-order valence-electron chi connectivity index (χ3n) is 4.53. The summed E-state index contributed by atoms with van der Waals surface area (Å²) in [5.74, 6) is -0.356. The third kappa shape index (κ3) is 4.57. The Labute approximate surface area is 182 Å². The van der Waals surface area contributed by atoms with Crippen molar-refractivity contribution < 1.29 is 9.60 Å². The first kappa shape index (κ1) is 20.6. The van der Waals surface area contributed by atoms with Gasteiger partial charge in [0.15, 0.2) is 11.5 Å². The molecule has 8 nitrogen and oxygen atoms in total. The second kappa shape index (κ2) is 8.99. The lowest BCUT2D eigenvalue weighted by molar-refractivity contribution is 0.312. The Hall–Kier alpha value is -3.69. The third-order valence-corrected chi connectivity index (χ3v) is 4.82. The molecule has 158 valence electrons. The SMILES string of the molecule is N=C(c1ccnc2nc(NCCNc3ccccc3)[nH]c12)N(O)c1ccc(F)c(Cl)c1. The first-order valence-electron chi connectivity index (χ1n) is 9.43. The molecule has 0 unspecified atom stereocenters. The Morgan fingerprint density at radius 1 is 1.13 bits per heavy atom. The number of aromatic amines is 1. The van der Waals surface area contributed by atoms with E-state index in [-0.39, 0.29) is 16.5 Å². The van der Waals surface area contributed by atoms with Gasteiger partial charge in [-0.05, 0) is 36.4 Å². The van der Waals surface area contributed by atoms with Gasteiger partial charge in [0.1, 0.15) is 5.82 Å². The molecule has 5 N–H and O–H groups in total. The maximum atomic E-state index is 13.4. The number of aromatic nitrogens is 3. The van der Waals surface area contributed by atoms with Gasteiger partial charge in [-0.1, -0.05) is 29.8 Å². The van der Waals surface area contributed by atoms with Gasteiger partial charge in [0, 0.05) is 30.5 Å². The molecule has 0 amide bonds. The fraction of sp³-hybridized carbons (Fsp3) is 0.0952. The number of amidine groups is 1. The first-order valence-corrected chi connectivity index (χ1v) is 9.81. The Balaban J connectivity index is 1.47. The molecule has 0 spiro atoms. The highest BCUT2D eigenvalue weighted by molar-refractivity contribution is 6.31. The molecule has 2 heterocycles. The van der Waals surface area contributed by atoms with Crippen LogP contribution in [0.3, 0.4) is 0 Å². The molecule has 4 rings (SSSR count). The summed E-state index contributed by atoms with van der Waals surface area (Å²) in [6.45, 7) is 1.27. The van der Waals surface area contributed by atoms with Gasteiger partial charge >= 0.3 is 0 Å². The molecule has 4 aromatic rings. The zero-order valence-electron chi connectivity index (χ0n) is 16.2. The van der Waals surface area contributed by atoms with Crippen LogP contribution in [0.5, 0.6) is 0 Å². The molecule has 0 saturated heterocycles. The van der Waals surface area contributed by atoms with Crippen LogP contribution in [0.2, 0.25) is 5.02 Å². The number of para-hydroxylation sites is 1. The number of rotatable bonds is 7. The van der Waals surface area contributed by atoms with E-state index in [0.29, 0.717) is 40.8 Å². The van der Waals surface area contributed by atoms with E-state index in [0.717, 1.165) is 11.8 Å². The second-order valence-corrected chi connectivity index (χ2v) is 7.03. The Kier molecular flexibility index (Phi) is 5.96. The molecule has 2 aromatic carbocycles. The molecule has 0 bridgehead atoms. The van der Waals surface area contributed by atoms with E-state index >= 15 is 0 Å². The van der Waals surface area contributed by atoms with Crippen LogP contribution in [0.25, 0.3) is 11.2 Å². The maximum absolute atomic E-state index is 13.4. The monoisotopic (exact) mass is 439 g/mol. The number of benzene rings is 2. The summed E-state index contributed by atoms with van der Waals surface area (Å²) in [7, 11) is 0. The van der Waals surface area contributed by atoms with Crippen molar-refractivity contribution in [1.29, 1.82) is 5.41 Å². The number of hydrogen-bond donors (Lipinski definition) is 5. The van der Waals surface area contributed by atoms with E-state index in [4.69, 9.17) is 17.0 Å². The van der Waals surface area contributed by atoms with Gasteiger partial charge in [-0.15, -0.1) is 0 Å². The lowest BCUT2D eigenvalue weighted by Crippen LogP contribution is -2.27. The number of imidazole rings is 1. The van der Waals surface area contributed by atoms with E-state index in [1.165, 1.54) is 18.3 Å². The van der Waals surface area contributed by atoms with Crippen LogP contribution in [0.4, 0.5) is 21.7 Å². The summed E-state index contributed by atoms with van der Waals surface area (Å²) < 4.78 is 13.4. The number of hydrogen-bond acceptors (Lipinski definition) is 6. The topological polar surface area (TPSA) is 113 Å². The number of nitrogens with zero attached hydrogens (tertiary/aromatic N) is 3. The molecule has 0 radical (unpaired) electrons. The quantitative estimate of drug-likeness (QED) is 0.125. The lowest BCUT2D eigenvalue weighted by Gasteiger charge is -2.18. The predicted molar refractivity (Wildman–Crippen MR) is 120 cm³/mol. The first-order chi connectivity index (χ1) is 15.0. The minimum Gasteiger partial charge on any atom is -0.383 e. The molecule has 0 aliphatic rings. The number of anilines is 3. The Morgan fingerprint density at radius 2 is 1.90 bits per heavy atom. The van der Waals surface area contributed by atoms with Crippen LogP contribution >= 0.6 is 11.6 Å². The summed E-state index contributed by atoms with van der Waals surface area (Å²) in [6.07, 6.45) is 1.50. The van der Waals surface area contributed by atoms with Crippen LogP contribution in [-0.2, 0) is 0 Å². The zero-order chi connectivity index (χ0) is 21.8. The van der Waals surface area contributed by atoms with Gasteiger partial charge in [-0.2, -0.15) is 4.98 Å². The Bertz CT molecular complexity index is 1220. The van der Waals surface area contributed by atoms with Gasteiger partial charge in [0.2, 0.25) is 5.95 Å². The van der Waals surface area contributed by atoms with Gasteiger partial charge in [-0.25, -0.2) is 14.4 Å². The van der Waals surface area contributed by atoms with Gasteiger partial charge in [0.25, 0.3) is 0 Å². The predicted octanol–water partition coefficient (Wildman–Crippen LogP) is 4.50. The standard InChI is InChI=1S/C21H19ClFN7O/c22-16-12-14(6-7-17(16)23)30(31)19(24)15-8-9-26-20-18(15)28-21(29-20)27-11-10-25-13-4-2-1-3-5-13/h1-9,12,24-25,31H,10-11H2,(H2,26,27,28,29). The number of H-pyrrole nitrogens is 1. The average molecular weight is 440 g/mol. The Morgan fingerprint density at radius 3 is 2.68 bits per heavy atom. The molecule has 0 aliphatic heterocycles. The largest absolute Gasteiger partial charge is 0.383 e. The van der Waals surface area contributed by atoms with Crippen LogP contribution < -0.4 is 15.7 Å². The van der Waals surface area contributed by atoms with Gasteiger partial charge in [0.05, 0.1) is 16.2 Å². The minimum absolute atomic E-state index is 0.152. The van der Waals surface area contributed by atoms with Crippen molar-refractivity contribution >= 4 is 45.9 Å². The maximum Gasteiger partial charge on any atom is 0.202 e. The number of nitrogens with one attached hydrogen (secondary N) is 4. The van der Waals surface area contributed by atoms with Gasteiger partial charge in [-0.3, -0.25) is 10.6 Å². The van der Waals surface area contributed by atoms with E-state index in [1.54, 1.807) is 6.07 Å². The van der Waals surface area contributed by atoms with Crippen LogP contribution in [0, 0.1) is 11.2 Å². The van der Waals surface area contributed by atoms with Crippen LogP contribution in [0.15, 0.2) is 60.8 Å². The summed E-state index contributed by atoms with van der Waals surface area (Å²) in [6, 6.07) is 15.1. The highest BCUT2D eigenvalue weighted by atomic mass is 35.5. The minimum atomic E-state index is -0.609. The summed E-state index contributed by atoms with van der Waals surface area (Å²) in [5, 5.41) is 25.8. The van der Waals surface area contributed by atoms with Crippen molar-refractivity contribution in [1.82, 2.24) is 15.0 Å². The van der Waals surface area contributed by atoms with Crippen molar-refractivity contribution in [3.8, 4) is 0 Å². The number of halogens is 2. The van der Waals surface area contributed by atoms with Crippen molar-refractivity contribution in [3.05, 3.63) is 77.2 Å². The van der Waals surface area contributed by atoms with Crippen molar-refractivity contribution in [2.75, 3.05) is 28.8 Å². The van der Waals surface area contributed by atoms with Gasteiger partial charge < -0.3 is 15.6 Å². The highest BCUT2D eigenvalue weighted by Gasteiger charge is 2.18. The highest BCUT2D eigenvalue weighted by Crippen LogP contribution is 2.24. The number of fused-ring (bicyclic) bond motifs is 1. The van der Waals surface area contributed by atoms with Crippen LogP contribution in [0.1, 0.15) is 5.56 Å². The molecule has 31 heavy (non-hydrogen) atoms. The molecular weight excluding hydrogens is 421 g/mol. The normalized spacial score (nSPS) is 10.8. The van der Waals surface area contributed by atoms with E-state index < -0.39 is 5.82 Å². The molecular formula is C21H19ClFN7O. The average Bonchev–Trinajstić information content (AvgIpc) is 3.21. The molecule has 0 aliphatic carbocycles. The molecule has 0 fully saturated rings. The zero-order valence-corrected chi connectivity index (χ0v) is 17.0. The summed E-state index contributed by atoms with van der Waals surface area (Å²) in [4.78, 5) is 11.7. The summed E-state index contributed by atoms with van der Waals surface area (Å²) in [5.41, 5.74) is 2.43. The van der Waals surface area contributed by atoms with Crippen molar-refractivity contribution in [2.24, 2.45) is 0 Å². The van der Waals surface area contributed by atoms with Crippen molar-refractivity contribution in [3.63, 3.8) is 0 Å². The lowest BCUT2D eigenvalue weighted by atomic mass is 10.2. The van der Waals surface area contributed by atoms with E-state index in [2.05, 4.69) is 25.6 Å². The van der Waals surface area contributed by atoms with E-state index in [1.807, 2.05) is 30.3 Å². The smallest absolute Gasteiger partial charge is 0.202 e. The van der Waals surface area contributed by atoms with Crippen LogP contribution in [-0.4, -0.2) is 39.1 Å². The van der Waals surface area contributed by atoms with E-state index in [9.17, 15) is 9.60 Å². The second-order valence-electron chi connectivity index (χ2n) is 6.62. The fourth-order valence-corrected chi connectivity index (χ4v) is 3.17. The number of pyridine rings is 1. The number of hydroxylamine groups is 1. The molecule has 0 atom stereocenters. The molecule has 0 saturated carbocycles. The molecule has 10 heteroatoms. The van der Waals surface area contributed by atoms with Crippen molar-refractivity contribution in [2.45, 2.75) is 0 Å².